The van der Waals surface area contributed by atoms with Crippen LogP contribution in [-0.2, 0) is 10.0 Å². The third-order valence-electron chi connectivity index (χ3n) is 2.44. The Labute approximate surface area is 108 Å². The van der Waals surface area contributed by atoms with E-state index in [1.165, 1.54) is 12.1 Å². The van der Waals surface area contributed by atoms with Crippen molar-refractivity contribution in [3.05, 3.63) is 29.3 Å². The topological polar surface area (TPSA) is 82.0 Å². The van der Waals surface area contributed by atoms with Gasteiger partial charge in [-0.2, -0.15) is 5.26 Å². The largest absolute Gasteiger partial charge is 0.316 e. The van der Waals surface area contributed by atoms with Gasteiger partial charge in [0.15, 0.2) is 0 Å². The summed E-state index contributed by atoms with van der Waals surface area (Å²) in [4.78, 5) is 0.220. The van der Waals surface area contributed by atoms with Crippen LogP contribution in [0.3, 0.4) is 0 Å². The van der Waals surface area contributed by atoms with Crippen molar-refractivity contribution in [2.75, 3.05) is 19.6 Å². The van der Waals surface area contributed by atoms with Crippen molar-refractivity contribution in [1.29, 1.82) is 5.26 Å². The Morgan fingerprint density at radius 2 is 2.06 bits per heavy atom. The summed E-state index contributed by atoms with van der Waals surface area (Å²) in [6, 6.07) is 6.52. The first-order chi connectivity index (χ1) is 8.51. The fraction of sp³-hybridized carbons (Fsp3) is 0.417. The van der Waals surface area contributed by atoms with E-state index in [1.807, 2.05) is 13.0 Å². The highest BCUT2D eigenvalue weighted by Gasteiger charge is 2.16. The molecule has 0 radical (unpaired) electrons. The van der Waals surface area contributed by atoms with E-state index in [2.05, 4.69) is 10.0 Å². The molecule has 0 aliphatic rings. The molecule has 0 saturated heterocycles. The molecule has 0 bridgehead atoms. The molecule has 1 aromatic carbocycles. The standard InChI is InChI=1S/C12H17N3O2S/c1-3-14-6-7-15-18(16,17)12-5-4-11(9-13)8-10(12)2/h4-5,8,14-15H,3,6-7H2,1-2H3. The van der Waals surface area contributed by atoms with E-state index < -0.39 is 10.0 Å². The zero-order valence-corrected chi connectivity index (χ0v) is 11.3. The molecule has 1 aromatic rings. The molecule has 0 amide bonds. The monoisotopic (exact) mass is 267 g/mol. The molecule has 0 heterocycles. The Bertz CT molecular complexity index is 547. The number of likely N-dealkylation sites (N-methyl/N-ethyl adjacent to an activating group) is 1. The number of nitriles is 1. The Morgan fingerprint density at radius 3 is 2.61 bits per heavy atom. The highest BCUT2D eigenvalue weighted by Crippen LogP contribution is 2.15. The molecular weight excluding hydrogens is 250 g/mol. The second-order valence-corrected chi connectivity index (χ2v) is 5.58. The Balaban J connectivity index is 2.82. The lowest BCUT2D eigenvalue weighted by Gasteiger charge is -2.09. The number of hydrogen-bond donors (Lipinski definition) is 2. The van der Waals surface area contributed by atoms with Crippen molar-refractivity contribution in [3.8, 4) is 6.07 Å². The van der Waals surface area contributed by atoms with Gasteiger partial charge in [0.1, 0.15) is 0 Å². The van der Waals surface area contributed by atoms with Gasteiger partial charge in [-0.1, -0.05) is 6.92 Å². The second kappa shape index (κ2) is 6.50. The van der Waals surface area contributed by atoms with E-state index in [0.29, 0.717) is 24.2 Å². The van der Waals surface area contributed by atoms with Crippen LogP contribution in [0.15, 0.2) is 23.1 Å². The predicted octanol–water partition coefficient (Wildman–Crippen LogP) is 0.755. The lowest BCUT2D eigenvalue weighted by atomic mass is 10.2. The third kappa shape index (κ3) is 3.81. The Kier molecular flexibility index (Phi) is 5.28. The highest BCUT2D eigenvalue weighted by atomic mass is 32.2. The normalized spacial score (nSPS) is 11.2. The number of nitrogens with one attached hydrogen (secondary N) is 2. The molecule has 98 valence electrons. The molecule has 0 atom stereocenters. The second-order valence-electron chi connectivity index (χ2n) is 3.84. The predicted molar refractivity (Wildman–Crippen MR) is 69.6 cm³/mol. The van der Waals surface area contributed by atoms with Crippen LogP contribution < -0.4 is 10.0 Å². The van der Waals surface area contributed by atoms with Crippen LogP contribution in [0.2, 0.25) is 0 Å². The molecule has 0 saturated carbocycles. The summed E-state index contributed by atoms with van der Waals surface area (Å²) >= 11 is 0. The van der Waals surface area contributed by atoms with E-state index in [-0.39, 0.29) is 4.90 Å². The van der Waals surface area contributed by atoms with Gasteiger partial charge in [0.05, 0.1) is 16.5 Å². The van der Waals surface area contributed by atoms with Gasteiger partial charge in [0.25, 0.3) is 0 Å². The third-order valence-corrected chi connectivity index (χ3v) is 4.06. The first-order valence-corrected chi connectivity index (χ1v) is 7.20. The minimum absolute atomic E-state index is 0.220. The average Bonchev–Trinajstić information content (AvgIpc) is 2.34. The molecular formula is C12H17N3O2S. The van der Waals surface area contributed by atoms with Gasteiger partial charge >= 0.3 is 0 Å². The highest BCUT2D eigenvalue weighted by molar-refractivity contribution is 7.89. The van der Waals surface area contributed by atoms with Crippen molar-refractivity contribution in [3.63, 3.8) is 0 Å². The van der Waals surface area contributed by atoms with E-state index in [9.17, 15) is 8.42 Å². The molecule has 0 fully saturated rings. The first kappa shape index (κ1) is 14.6. The number of hydrogen-bond acceptors (Lipinski definition) is 4. The van der Waals surface area contributed by atoms with Gasteiger partial charge in [-0.05, 0) is 37.2 Å². The van der Waals surface area contributed by atoms with E-state index in [1.54, 1.807) is 13.0 Å². The van der Waals surface area contributed by atoms with Crippen LogP contribution in [0.25, 0.3) is 0 Å². The van der Waals surface area contributed by atoms with Crippen LogP contribution in [0, 0.1) is 18.3 Å². The van der Waals surface area contributed by atoms with Crippen molar-refractivity contribution in [2.24, 2.45) is 0 Å². The molecule has 1 rings (SSSR count). The van der Waals surface area contributed by atoms with E-state index in [0.717, 1.165) is 6.54 Å². The van der Waals surface area contributed by atoms with Crippen molar-refractivity contribution in [1.82, 2.24) is 10.0 Å². The van der Waals surface area contributed by atoms with Gasteiger partial charge in [0, 0.05) is 13.1 Å². The average molecular weight is 267 g/mol. The fourth-order valence-electron chi connectivity index (χ4n) is 1.55. The SMILES string of the molecule is CCNCCNS(=O)(=O)c1ccc(C#N)cc1C. The van der Waals surface area contributed by atoms with Gasteiger partial charge in [-0.25, -0.2) is 13.1 Å². The molecule has 0 unspecified atom stereocenters. The van der Waals surface area contributed by atoms with Crippen molar-refractivity contribution in [2.45, 2.75) is 18.7 Å². The van der Waals surface area contributed by atoms with Crippen LogP contribution in [0.4, 0.5) is 0 Å². The van der Waals surface area contributed by atoms with Gasteiger partial charge in [-0.3, -0.25) is 0 Å². The molecule has 2 N–H and O–H groups in total. The molecule has 5 nitrogen and oxygen atoms in total. The van der Waals surface area contributed by atoms with E-state index in [4.69, 9.17) is 5.26 Å². The number of benzene rings is 1. The van der Waals surface area contributed by atoms with E-state index >= 15 is 0 Å². The maximum Gasteiger partial charge on any atom is 0.240 e. The van der Waals surface area contributed by atoms with Crippen LogP contribution in [0.1, 0.15) is 18.1 Å². The molecule has 0 spiro atoms. The van der Waals surface area contributed by atoms with Gasteiger partial charge < -0.3 is 5.32 Å². The summed E-state index contributed by atoms with van der Waals surface area (Å²) < 4.78 is 26.5. The number of rotatable bonds is 6. The zero-order valence-electron chi connectivity index (χ0n) is 10.5. The minimum Gasteiger partial charge on any atom is -0.316 e. The number of nitrogens with zero attached hydrogens (tertiary/aromatic N) is 1. The van der Waals surface area contributed by atoms with Crippen molar-refractivity contribution < 1.29 is 8.42 Å². The lowest BCUT2D eigenvalue weighted by molar-refractivity contribution is 0.577. The van der Waals surface area contributed by atoms with Crippen LogP contribution in [-0.4, -0.2) is 28.1 Å². The summed E-state index contributed by atoms with van der Waals surface area (Å²) in [5.74, 6) is 0. The Hall–Kier alpha value is -1.42. The smallest absolute Gasteiger partial charge is 0.240 e. The van der Waals surface area contributed by atoms with Gasteiger partial charge in [-0.15, -0.1) is 0 Å². The lowest BCUT2D eigenvalue weighted by Crippen LogP contribution is -2.32. The summed E-state index contributed by atoms with van der Waals surface area (Å²) in [6.45, 7) is 5.37. The summed E-state index contributed by atoms with van der Waals surface area (Å²) in [6.07, 6.45) is 0. The Morgan fingerprint density at radius 1 is 1.33 bits per heavy atom. The first-order valence-electron chi connectivity index (χ1n) is 5.72. The molecule has 0 aliphatic carbocycles. The summed E-state index contributed by atoms with van der Waals surface area (Å²) in [5.41, 5.74) is 1.03. The van der Waals surface area contributed by atoms with Crippen molar-refractivity contribution >= 4 is 10.0 Å². The summed E-state index contributed by atoms with van der Waals surface area (Å²) in [5, 5.41) is 11.8. The van der Waals surface area contributed by atoms with Crippen LogP contribution in [0.5, 0.6) is 0 Å². The molecule has 18 heavy (non-hydrogen) atoms. The fourth-order valence-corrected chi connectivity index (χ4v) is 2.81. The molecule has 6 heteroatoms. The maximum atomic E-state index is 12.0. The summed E-state index contributed by atoms with van der Waals surface area (Å²) in [7, 11) is -3.50. The quantitative estimate of drug-likeness (QED) is 0.745. The van der Waals surface area contributed by atoms with Gasteiger partial charge in [0.2, 0.25) is 10.0 Å². The van der Waals surface area contributed by atoms with Crippen LogP contribution >= 0.6 is 0 Å². The zero-order chi connectivity index (χ0) is 13.6. The molecule has 0 aliphatic heterocycles. The minimum atomic E-state index is -3.50. The maximum absolute atomic E-state index is 12.0. The molecule has 0 aromatic heterocycles. The number of sulfonamides is 1. The number of aryl methyl sites for hydroxylation is 1.